The first-order chi connectivity index (χ1) is 20.4. The number of ether oxygens (including phenoxy) is 4. The fourth-order valence-corrected chi connectivity index (χ4v) is 5.73. The van der Waals surface area contributed by atoms with Crippen LogP contribution in [0.15, 0.2) is 36.0 Å². The maximum Gasteiger partial charge on any atom is 0.328 e. The Hall–Kier alpha value is -2.66. The van der Waals surface area contributed by atoms with Gasteiger partial charge in [-0.05, 0) is 56.9 Å². The number of piperidine rings is 1. The van der Waals surface area contributed by atoms with Crippen LogP contribution < -0.4 is 0 Å². The van der Waals surface area contributed by atoms with Gasteiger partial charge in [0.2, 0.25) is 5.79 Å². The SMILES string of the molecule is COCC(=O)[C@H](C)C[C@H](C)C=CC=CC=C(C)[C@H](C[C@@H]1CC[C@@H](C)[C@](O)(C(=O)C(=O)N2CCCCC2C(=O)OC)O1)OC. The van der Waals surface area contributed by atoms with Gasteiger partial charge in [-0.1, -0.05) is 51.2 Å². The van der Waals surface area contributed by atoms with Gasteiger partial charge < -0.3 is 29.0 Å². The number of amides is 1. The minimum atomic E-state index is -2.29. The highest BCUT2D eigenvalue weighted by Gasteiger charge is 2.52. The quantitative estimate of drug-likeness (QED) is 0.168. The number of hydrogen-bond donors (Lipinski definition) is 1. The molecule has 0 aliphatic carbocycles. The first kappa shape index (κ1) is 36.5. The predicted octanol–water partition coefficient (Wildman–Crippen LogP) is 3.95. The smallest absolute Gasteiger partial charge is 0.328 e. The van der Waals surface area contributed by atoms with E-state index in [0.717, 1.165) is 18.4 Å². The summed E-state index contributed by atoms with van der Waals surface area (Å²) in [5, 5.41) is 11.4. The van der Waals surface area contributed by atoms with Gasteiger partial charge in [0.15, 0.2) is 5.78 Å². The van der Waals surface area contributed by atoms with Crippen molar-refractivity contribution in [3.8, 4) is 0 Å². The number of carbonyl (C=O) groups excluding carboxylic acids is 4. The Balaban J connectivity index is 2.02. The summed E-state index contributed by atoms with van der Waals surface area (Å²) in [6, 6.07) is -0.848. The van der Waals surface area contributed by atoms with Gasteiger partial charge in [0.05, 0.1) is 19.3 Å². The molecule has 1 N–H and O–H groups in total. The number of aliphatic hydroxyl groups is 1. The lowest BCUT2D eigenvalue weighted by molar-refractivity contribution is -0.265. The number of ketones is 2. The Kier molecular flexibility index (Phi) is 14.9. The maximum atomic E-state index is 13.4. The van der Waals surface area contributed by atoms with Gasteiger partial charge >= 0.3 is 5.97 Å². The zero-order valence-electron chi connectivity index (χ0n) is 26.9. The average molecular weight is 606 g/mol. The average Bonchev–Trinajstić information content (AvgIpc) is 3.00. The van der Waals surface area contributed by atoms with E-state index < -0.39 is 41.5 Å². The molecule has 0 spiro atoms. The first-order valence-corrected chi connectivity index (χ1v) is 15.3. The van der Waals surface area contributed by atoms with Crippen LogP contribution in [0.1, 0.15) is 72.6 Å². The number of carbonyl (C=O) groups is 4. The molecule has 0 aromatic heterocycles. The first-order valence-electron chi connectivity index (χ1n) is 15.3. The van der Waals surface area contributed by atoms with Crippen LogP contribution in [0.2, 0.25) is 0 Å². The van der Waals surface area contributed by atoms with Crippen LogP contribution >= 0.6 is 0 Å². The largest absolute Gasteiger partial charge is 0.467 e. The van der Waals surface area contributed by atoms with Crippen molar-refractivity contribution in [1.29, 1.82) is 0 Å². The molecule has 43 heavy (non-hydrogen) atoms. The highest BCUT2D eigenvalue weighted by Crippen LogP contribution is 2.36. The van der Waals surface area contributed by atoms with Crippen molar-refractivity contribution in [3.63, 3.8) is 0 Å². The number of hydrogen-bond acceptors (Lipinski definition) is 9. The third kappa shape index (κ3) is 10.2. The number of nitrogens with zero attached hydrogens (tertiary/aromatic N) is 1. The Morgan fingerprint density at radius 1 is 1.05 bits per heavy atom. The van der Waals surface area contributed by atoms with Crippen molar-refractivity contribution in [2.24, 2.45) is 17.8 Å². The van der Waals surface area contributed by atoms with E-state index >= 15 is 0 Å². The van der Waals surface area contributed by atoms with Crippen molar-refractivity contribution in [2.75, 3.05) is 34.5 Å². The highest BCUT2D eigenvalue weighted by molar-refractivity contribution is 6.39. The molecule has 2 rings (SSSR count). The van der Waals surface area contributed by atoms with Gasteiger partial charge in [0.25, 0.3) is 11.7 Å². The number of methoxy groups -OCH3 is 3. The molecule has 2 heterocycles. The van der Waals surface area contributed by atoms with Gasteiger partial charge in [-0.3, -0.25) is 14.4 Å². The number of rotatable bonds is 15. The van der Waals surface area contributed by atoms with Crippen molar-refractivity contribution in [1.82, 2.24) is 4.90 Å². The van der Waals surface area contributed by atoms with E-state index in [4.69, 9.17) is 18.9 Å². The summed E-state index contributed by atoms with van der Waals surface area (Å²) in [5.74, 6) is -5.17. The lowest BCUT2D eigenvalue weighted by Crippen LogP contribution is -2.60. The third-order valence-electron chi connectivity index (χ3n) is 8.54. The fraction of sp³-hybridized carbons (Fsp3) is 0.697. The van der Waals surface area contributed by atoms with E-state index in [1.807, 2.05) is 38.2 Å². The Morgan fingerprint density at radius 3 is 2.42 bits per heavy atom. The van der Waals surface area contributed by atoms with Gasteiger partial charge in [0.1, 0.15) is 12.6 Å². The number of likely N-dealkylation sites (tertiary alicyclic amines) is 1. The zero-order valence-corrected chi connectivity index (χ0v) is 26.9. The van der Waals surface area contributed by atoms with E-state index in [2.05, 4.69) is 13.0 Å². The molecule has 242 valence electrons. The van der Waals surface area contributed by atoms with Crippen LogP contribution in [-0.4, -0.2) is 92.0 Å². The summed E-state index contributed by atoms with van der Waals surface area (Å²) in [5.41, 5.74) is 0.932. The summed E-state index contributed by atoms with van der Waals surface area (Å²) in [7, 11) is 4.36. The molecule has 7 atom stereocenters. The normalized spacial score (nSPS) is 27.2. The maximum absolute atomic E-state index is 13.4. The van der Waals surface area contributed by atoms with Crippen molar-refractivity contribution >= 4 is 23.4 Å². The molecule has 0 aromatic carbocycles. The molecule has 2 aliphatic rings. The second kappa shape index (κ2) is 17.6. The zero-order chi connectivity index (χ0) is 32.2. The van der Waals surface area contributed by atoms with Crippen LogP contribution in [0.25, 0.3) is 0 Å². The van der Waals surface area contributed by atoms with Gasteiger partial charge in [-0.15, -0.1) is 0 Å². The van der Waals surface area contributed by atoms with E-state index in [1.165, 1.54) is 19.1 Å². The van der Waals surface area contributed by atoms with E-state index in [9.17, 15) is 24.3 Å². The van der Waals surface area contributed by atoms with Crippen molar-refractivity contribution in [3.05, 3.63) is 36.0 Å². The molecule has 1 amide bonds. The number of esters is 1. The fourth-order valence-electron chi connectivity index (χ4n) is 5.73. The molecule has 0 bridgehead atoms. The lowest BCUT2D eigenvalue weighted by atomic mass is 9.85. The second-order valence-corrected chi connectivity index (χ2v) is 11.9. The van der Waals surface area contributed by atoms with Crippen LogP contribution in [0, 0.1) is 17.8 Å². The topological polar surface area (TPSA) is 129 Å². The molecule has 2 fully saturated rings. The predicted molar refractivity (Wildman–Crippen MR) is 162 cm³/mol. The standard InChI is InChI=1S/C33H51NO9/c1-22(19-24(3)28(35)21-40-5)13-9-8-10-14-23(2)29(41-6)20-26-17-16-25(4)33(39,43-26)30(36)31(37)34-18-12-11-15-27(34)32(38)42-7/h8-10,13-14,22,24-27,29,39H,11-12,15-21H2,1-7H3/t22-,24-,25-,26+,27?,29+,33-/m1/s1. The summed E-state index contributed by atoms with van der Waals surface area (Å²) < 4.78 is 21.5. The third-order valence-corrected chi connectivity index (χ3v) is 8.54. The summed E-state index contributed by atoms with van der Waals surface area (Å²) in [6.45, 7) is 7.98. The molecular weight excluding hydrogens is 554 g/mol. The van der Waals surface area contributed by atoms with Gasteiger partial charge in [-0.2, -0.15) is 0 Å². The van der Waals surface area contributed by atoms with Gasteiger partial charge in [0, 0.05) is 39.0 Å². The monoisotopic (exact) mass is 605 g/mol. The number of allylic oxidation sites excluding steroid dienone is 5. The van der Waals surface area contributed by atoms with E-state index in [0.29, 0.717) is 32.1 Å². The molecule has 0 saturated carbocycles. The second-order valence-electron chi connectivity index (χ2n) is 11.9. The molecule has 0 radical (unpaired) electrons. The van der Waals surface area contributed by atoms with Crippen LogP contribution in [-0.2, 0) is 38.1 Å². The summed E-state index contributed by atoms with van der Waals surface area (Å²) in [6.07, 6.45) is 12.9. The van der Waals surface area contributed by atoms with Gasteiger partial charge in [-0.25, -0.2) is 4.79 Å². The molecule has 1 unspecified atom stereocenters. The molecule has 2 saturated heterocycles. The molecule has 0 aromatic rings. The Labute approximate surface area is 256 Å². The molecule has 10 nitrogen and oxygen atoms in total. The Morgan fingerprint density at radius 2 is 1.77 bits per heavy atom. The van der Waals surface area contributed by atoms with E-state index in [-0.39, 0.29) is 36.9 Å². The highest BCUT2D eigenvalue weighted by atomic mass is 16.6. The number of Topliss-reactive ketones (excluding diaryl/α,β-unsaturated/α-hetero) is 2. The molecular formula is C33H51NO9. The summed E-state index contributed by atoms with van der Waals surface area (Å²) in [4.78, 5) is 52.1. The van der Waals surface area contributed by atoms with Crippen LogP contribution in [0.3, 0.4) is 0 Å². The van der Waals surface area contributed by atoms with E-state index in [1.54, 1.807) is 14.0 Å². The van der Waals surface area contributed by atoms with Crippen molar-refractivity contribution < 1.29 is 43.2 Å². The summed E-state index contributed by atoms with van der Waals surface area (Å²) >= 11 is 0. The van der Waals surface area contributed by atoms with Crippen LogP contribution in [0.5, 0.6) is 0 Å². The van der Waals surface area contributed by atoms with Crippen molar-refractivity contribution in [2.45, 2.75) is 96.7 Å². The molecule has 2 aliphatic heterocycles. The minimum Gasteiger partial charge on any atom is -0.467 e. The van der Waals surface area contributed by atoms with Crippen LogP contribution in [0.4, 0.5) is 0 Å². The Bertz CT molecular complexity index is 1050. The molecule has 10 heteroatoms. The minimum absolute atomic E-state index is 0.0641. The lowest BCUT2D eigenvalue weighted by Gasteiger charge is -2.42.